The molecule has 1 aromatic heterocycles. The summed E-state index contributed by atoms with van der Waals surface area (Å²) in [5.41, 5.74) is -0.0750. The molecule has 0 saturated carbocycles. The summed E-state index contributed by atoms with van der Waals surface area (Å²) in [5, 5.41) is 7.45. The highest BCUT2D eigenvalue weighted by molar-refractivity contribution is 5.01. The fraction of sp³-hybridized carbons (Fsp3) is 0.833. The average molecular weight is 238 g/mol. The molecule has 1 fully saturated rings. The van der Waals surface area contributed by atoms with Crippen molar-refractivity contribution in [1.29, 1.82) is 0 Å². The van der Waals surface area contributed by atoms with Crippen molar-refractivity contribution in [1.82, 2.24) is 20.4 Å². The summed E-state index contributed by atoms with van der Waals surface area (Å²) in [6, 6.07) is 0.233. The Morgan fingerprint density at radius 1 is 1.29 bits per heavy atom. The van der Waals surface area contributed by atoms with Gasteiger partial charge in [0.25, 0.3) is 0 Å². The fourth-order valence-electron chi connectivity index (χ4n) is 1.94. The van der Waals surface area contributed by atoms with Gasteiger partial charge in [0, 0.05) is 31.6 Å². The maximum absolute atomic E-state index is 5.34. The molecule has 96 valence electrons. The molecule has 1 aromatic rings. The molecule has 5 heteroatoms. The zero-order valence-corrected chi connectivity index (χ0v) is 11.2. The Labute approximate surface area is 103 Å². The second-order valence-corrected chi connectivity index (χ2v) is 5.67. The Bertz CT molecular complexity index is 363. The third-order valence-corrected chi connectivity index (χ3v) is 3.16. The van der Waals surface area contributed by atoms with Gasteiger partial charge < -0.3 is 9.84 Å². The molecule has 0 aromatic carbocycles. The predicted molar refractivity (Wildman–Crippen MR) is 65.9 cm³/mol. The Hall–Kier alpha value is -0.940. The van der Waals surface area contributed by atoms with Gasteiger partial charge in [-0.3, -0.25) is 4.90 Å². The molecule has 1 N–H and O–H groups in total. The SMILES string of the molecule is CC(c1noc(C(C)(C)C)n1)N1CCNCC1. The third-order valence-electron chi connectivity index (χ3n) is 3.16. The van der Waals surface area contributed by atoms with E-state index < -0.39 is 0 Å². The molecule has 5 nitrogen and oxygen atoms in total. The lowest BCUT2D eigenvalue weighted by molar-refractivity contribution is 0.176. The first-order chi connectivity index (χ1) is 7.98. The van der Waals surface area contributed by atoms with Crippen LogP contribution in [-0.4, -0.2) is 41.2 Å². The van der Waals surface area contributed by atoms with Crippen LogP contribution in [0, 0.1) is 0 Å². The molecular weight excluding hydrogens is 216 g/mol. The van der Waals surface area contributed by atoms with E-state index in [0.717, 1.165) is 37.9 Å². The van der Waals surface area contributed by atoms with Gasteiger partial charge >= 0.3 is 0 Å². The number of hydrogen-bond donors (Lipinski definition) is 1. The van der Waals surface area contributed by atoms with Crippen LogP contribution in [0.1, 0.15) is 45.5 Å². The molecule has 0 amide bonds. The maximum atomic E-state index is 5.34. The van der Waals surface area contributed by atoms with Crippen LogP contribution in [0.3, 0.4) is 0 Å². The highest BCUT2D eigenvalue weighted by atomic mass is 16.5. The molecule has 1 saturated heterocycles. The van der Waals surface area contributed by atoms with E-state index in [1.807, 2.05) is 0 Å². The smallest absolute Gasteiger partial charge is 0.232 e. The Morgan fingerprint density at radius 3 is 2.47 bits per heavy atom. The zero-order valence-electron chi connectivity index (χ0n) is 11.2. The lowest BCUT2D eigenvalue weighted by atomic mass is 9.97. The van der Waals surface area contributed by atoms with Crippen molar-refractivity contribution < 1.29 is 4.52 Å². The summed E-state index contributed by atoms with van der Waals surface area (Å²) in [5.74, 6) is 1.52. The van der Waals surface area contributed by atoms with Crippen LogP contribution >= 0.6 is 0 Å². The molecule has 1 atom stereocenters. The van der Waals surface area contributed by atoms with Gasteiger partial charge in [-0.25, -0.2) is 0 Å². The lowest BCUT2D eigenvalue weighted by Crippen LogP contribution is -2.44. The Kier molecular flexibility index (Phi) is 3.49. The highest BCUT2D eigenvalue weighted by Crippen LogP contribution is 2.23. The summed E-state index contributed by atoms with van der Waals surface area (Å²) >= 11 is 0. The quantitative estimate of drug-likeness (QED) is 0.842. The first kappa shape index (κ1) is 12.5. The largest absolute Gasteiger partial charge is 0.339 e. The highest BCUT2D eigenvalue weighted by Gasteiger charge is 2.26. The molecule has 2 heterocycles. The van der Waals surface area contributed by atoms with Crippen molar-refractivity contribution in [3.63, 3.8) is 0 Å². The van der Waals surface area contributed by atoms with Crippen molar-refractivity contribution in [2.24, 2.45) is 0 Å². The minimum Gasteiger partial charge on any atom is -0.339 e. The van der Waals surface area contributed by atoms with E-state index in [1.54, 1.807) is 0 Å². The van der Waals surface area contributed by atoms with Gasteiger partial charge in [0.15, 0.2) is 5.82 Å². The second kappa shape index (κ2) is 4.74. The van der Waals surface area contributed by atoms with Gasteiger partial charge in [0.2, 0.25) is 5.89 Å². The van der Waals surface area contributed by atoms with Crippen molar-refractivity contribution in [3.8, 4) is 0 Å². The van der Waals surface area contributed by atoms with Crippen LogP contribution in [0.2, 0.25) is 0 Å². The van der Waals surface area contributed by atoms with Crippen molar-refractivity contribution >= 4 is 0 Å². The molecule has 2 rings (SSSR count). The zero-order chi connectivity index (χ0) is 12.5. The van der Waals surface area contributed by atoms with Crippen LogP contribution in [-0.2, 0) is 5.41 Å². The Morgan fingerprint density at radius 2 is 1.94 bits per heavy atom. The van der Waals surface area contributed by atoms with E-state index >= 15 is 0 Å². The molecular formula is C12H22N4O. The van der Waals surface area contributed by atoms with E-state index in [4.69, 9.17) is 4.52 Å². The van der Waals surface area contributed by atoms with Crippen LogP contribution in [0.15, 0.2) is 4.52 Å². The molecule has 0 radical (unpaired) electrons. The number of rotatable bonds is 2. The Balaban J connectivity index is 2.08. The molecule has 0 spiro atoms. The summed E-state index contributed by atoms with van der Waals surface area (Å²) in [6.07, 6.45) is 0. The monoisotopic (exact) mass is 238 g/mol. The van der Waals surface area contributed by atoms with Gasteiger partial charge in [0.1, 0.15) is 0 Å². The van der Waals surface area contributed by atoms with Gasteiger partial charge in [-0.2, -0.15) is 4.98 Å². The second-order valence-electron chi connectivity index (χ2n) is 5.67. The van der Waals surface area contributed by atoms with E-state index in [9.17, 15) is 0 Å². The van der Waals surface area contributed by atoms with Gasteiger partial charge in [-0.1, -0.05) is 25.9 Å². The normalized spacial score (nSPS) is 20.5. The molecule has 1 aliphatic heterocycles. The molecule has 1 aliphatic rings. The topological polar surface area (TPSA) is 54.2 Å². The van der Waals surface area contributed by atoms with E-state index in [1.165, 1.54) is 0 Å². The van der Waals surface area contributed by atoms with Crippen LogP contribution in [0.5, 0.6) is 0 Å². The lowest BCUT2D eigenvalue weighted by Gasteiger charge is -2.30. The number of piperazine rings is 1. The molecule has 0 bridgehead atoms. The first-order valence-electron chi connectivity index (χ1n) is 6.27. The summed E-state index contributed by atoms with van der Waals surface area (Å²) < 4.78 is 5.34. The van der Waals surface area contributed by atoms with Crippen LogP contribution < -0.4 is 5.32 Å². The van der Waals surface area contributed by atoms with Crippen molar-refractivity contribution in [2.45, 2.75) is 39.2 Å². The maximum Gasteiger partial charge on any atom is 0.232 e. The molecule has 17 heavy (non-hydrogen) atoms. The number of hydrogen-bond acceptors (Lipinski definition) is 5. The van der Waals surface area contributed by atoms with Crippen molar-refractivity contribution in [3.05, 3.63) is 11.7 Å². The average Bonchev–Trinajstić information content (AvgIpc) is 2.78. The van der Waals surface area contributed by atoms with E-state index in [2.05, 4.69) is 48.1 Å². The van der Waals surface area contributed by atoms with Crippen molar-refractivity contribution in [2.75, 3.05) is 26.2 Å². The van der Waals surface area contributed by atoms with E-state index in [-0.39, 0.29) is 11.5 Å². The number of nitrogens with zero attached hydrogens (tertiary/aromatic N) is 3. The van der Waals surface area contributed by atoms with Gasteiger partial charge in [0.05, 0.1) is 6.04 Å². The first-order valence-corrected chi connectivity index (χ1v) is 6.27. The minimum atomic E-state index is -0.0750. The fourth-order valence-corrected chi connectivity index (χ4v) is 1.94. The van der Waals surface area contributed by atoms with E-state index in [0.29, 0.717) is 0 Å². The van der Waals surface area contributed by atoms with Crippen LogP contribution in [0.4, 0.5) is 0 Å². The third kappa shape index (κ3) is 2.84. The minimum absolute atomic E-state index is 0.0750. The van der Waals surface area contributed by atoms with Gasteiger partial charge in [-0.05, 0) is 6.92 Å². The summed E-state index contributed by atoms with van der Waals surface area (Å²) in [7, 11) is 0. The number of aromatic nitrogens is 2. The standard InChI is InChI=1S/C12H22N4O/c1-9(16-7-5-13-6-8-16)10-14-11(17-15-10)12(2,3)4/h9,13H,5-8H2,1-4H3. The molecule has 0 aliphatic carbocycles. The van der Waals surface area contributed by atoms with Gasteiger partial charge in [-0.15, -0.1) is 0 Å². The number of nitrogens with one attached hydrogen (secondary N) is 1. The molecule has 1 unspecified atom stereocenters. The summed E-state index contributed by atoms with van der Waals surface area (Å²) in [6.45, 7) is 12.5. The predicted octanol–water partition coefficient (Wildman–Crippen LogP) is 1.33. The van der Waals surface area contributed by atoms with Crippen LogP contribution in [0.25, 0.3) is 0 Å². The summed E-state index contributed by atoms with van der Waals surface area (Å²) in [4.78, 5) is 6.90.